The molecule has 0 bridgehead atoms. The summed E-state index contributed by atoms with van der Waals surface area (Å²) in [6, 6.07) is 2.14. The highest BCUT2D eigenvalue weighted by Crippen LogP contribution is 2.14. The fourth-order valence-electron chi connectivity index (χ4n) is 1.82. The third kappa shape index (κ3) is 3.75. The van der Waals surface area contributed by atoms with Crippen LogP contribution < -0.4 is 5.32 Å². The fraction of sp³-hybridized carbons (Fsp3) is 0.900. The first-order valence-electron chi connectivity index (χ1n) is 5.16. The molecule has 1 atom stereocenters. The van der Waals surface area contributed by atoms with Crippen molar-refractivity contribution in [3.63, 3.8) is 0 Å². The van der Waals surface area contributed by atoms with Gasteiger partial charge in [0.2, 0.25) is 0 Å². The first kappa shape index (κ1) is 10.5. The molecule has 1 N–H and O–H groups in total. The lowest BCUT2D eigenvalue weighted by molar-refractivity contribution is 0.339. The van der Waals surface area contributed by atoms with E-state index in [9.17, 15) is 0 Å². The second-order valence-corrected chi connectivity index (χ2v) is 3.66. The van der Waals surface area contributed by atoms with E-state index in [4.69, 9.17) is 5.26 Å². The third-order valence-corrected chi connectivity index (χ3v) is 2.66. The van der Waals surface area contributed by atoms with Gasteiger partial charge in [-0.1, -0.05) is 6.92 Å². The van der Waals surface area contributed by atoms with Gasteiger partial charge in [0.25, 0.3) is 0 Å². The van der Waals surface area contributed by atoms with E-state index in [0.717, 1.165) is 19.0 Å². The standard InChI is InChI=1S/C10H19N3/c1-2-13-7-4-10(9-13)8-12-6-3-5-11/h10,12H,2-4,6-9H2,1H3. The molecule has 0 aromatic heterocycles. The van der Waals surface area contributed by atoms with E-state index >= 15 is 0 Å². The average Bonchev–Trinajstić information content (AvgIpc) is 2.60. The van der Waals surface area contributed by atoms with Crippen LogP contribution in [0.1, 0.15) is 19.8 Å². The molecule has 0 saturated carbocycles. The summed E-state index contributed by atoms with van der Waals surface area (Å²) in [7, 11) is 0. The number of rotatable bonds is 5. The predicted molar refractivity (Wildman–Crippen MR) is 53.3 cm³/mol. The largest absolute Gasteiger partial charge is 0.315 e. The molecular formula is C10H19N3. The van der Waals surface area contributed by atoms with Crippen LogP contribution in [0.5, 0.6) is 0 Å². The van der Waals surface area contributed by atoms with Crippen LogP contribution in [0.2, 0.25) is 0 Å². The molecule has 3 heteroatoms. The van der Waals surface area contributed by atoms with Crippen LogP contribution in [-0.4, -0.2) is 37.6 Å². The molecular weight excluding hydrogens is 162 g/mol. The Morgan fingerprint density at radius 1 is 1.62 bits per heavy atom. The van der Waals surface area contributed by atoms with Crippen LogP contribution in [0.25, 0.3) is 0 Å². The SMILES string of the molecule is CCN1CCC(CNCCC#N)C1. The van der Waals surface area contributed by atoms with E-state index in [1.54, 1.807) is 0 Å². The summed E-state index contributed by atoms with van der Waals surface area (Å²) >= 11 is 0. The number of nitriles is 1. The Bertz CT molecular complexity index is 173. The van der Waals surface area contributed by atoms with Crippen molar-refractivity contribution in [1.29, 1.82) is 5.26 Å². The molecule has 1 rings (SSSR count). The van der Waals surface area contributed by atoms with Gasteiger partial charge in [0.05, 0.1) is 6.07 Å². The topological polar surface area (TPSA) is 39.1 Å². The van der Waals surface area contributed by atoms with Crippen LogP contribution in [-0.2, 0) is 0 Å². The highest BCUT2D eigenvalue weighted by molar-refractivity contribution is 4.77. The Labute approximate surface area is 80.7 Å². The molecule has 0 aromatic rings. The Morgan fingerprint density at radius 2 is 2.46 bits per heavy atom. The van der Waals surface area contributed by atoms with Crippen LogP contribution in [0.3, 0.4) is 0 Å². The Hall–Kier alpha value is -0.590. The van der Waals surface area contributed by atoms with Gasteiger partial charge in [0.1, 0.15) is 0 Å². The van der Waals surface area contributed by atoms with Gasteiger partial charge in [-0.2, -0.15) is 5.26 Å². The molecule has 0 aliphatic carbocycles. The maximum atomic E-state index is 8.34. The summed E-state index contributed by atoms with van der Waals surface area (Å²) < 4.78 is 0. The molecule has 0 aromatic carbocycles. The van der Waals surface area contributed by atoms with Gasteiger partial charge in [-0.15, -0.1) is 0 Å². The summed E-state index contributed by atoms with van der Waals surface area (Å²) in [5.41, 5.74) is 0. The minimum absolute atomic E-state index is 0.629. The van der Waals surface area contributed by atoms with Crippen molar-refractivity contribution in [2.24, 2.45) is 5.92 Å². The zero-order valence-electron chi connectivity index (χ0n) is 8.42. The Kier molecular flexibility index (Phi) is 4.81. The molecule has 0 spiro atoms. The summed E-state index contributed by atoms with van der Waals surface area (Å²) in [4.78, 5) is 2.48. The van der Waals surface area contributed by atoms with Crippen LogP contribution in [0, 0.1) is 17.2 Å². The highest BCUT2D eigenvalue weighted by atomic mass is 15.1. The van der Waals surface area contributed by atoms with E-state index in [-0.39, 0.29) is 0 Å². The monoisotopic (exact) mass is 181 g/mol. The van der Waals surface area contributed by atoms with E-state index < -0.39 is 0 Å². The van der Waals surface area contributed by atoms with Gasteiger partial charge >= 0.3 is 0 Å². The maximum absolute atomic E-state index is 8.34. The van der Waals surface area contributed by atoms with E-state index in [2.05, 4.69) is 23.2 Å². The maximum Gasteiger partial charge on any atom is 0.0635 e. The number of hydrogen-bond donors (Lipinski definition) is 1. The van der Waals surface area contributed by atoms with Crippen LogP contribution in [0.4, 0.5) is 0 Å². The molecule has 0 radical (unpaired) electrons. The minimum atomic E-state index is 0.629. The fourth-order valence-corrected chi connectivity index (χ4v) is 1.82. The second kappa shape index (κ2) is 5.95. The van der Waals surface area contributed by atoms with E-state index in [1.165, 1.54) is 26.1 Å². The van der Waals surface area contributed by atoms with E-state index in [0.29, 0.717) is 6.42 Å². The van der Waals surface area contributed by atoms with Crippen molar-refractivity contribution in [2.45, 2.75) is 19.8 Å². The van der Waals surface area contributed by atoms with Gasteiger partial charge in [-0.05, 0) is 32.0 Å². The molecule has 1 fully saturated rings. The van der Waals surface area contributed by atoms with Gasteiger partial charge in [0.15, 0.2) is 0 Å². The molecule has 1 aliphatic heterocycles. The molecule has 0 amide bonds. The van der Waals surface area contributed by atoms with Crippen LogP contribution in [0.15, 0.2) is 0 Å². The lowest BCUT2D eigenvalue weighted by Crippen LogP contribution is -2.26. The van der Waals surface area contributed by atoms with Crippen molar-refractivity contribution < 1.29 is 0 Å². The second-order valence-electron chi connectivity index (χ2n) is 3.66. The smallest absolute Gasteiger partial charge is 0.0635 e. The Morgan fingerprint density at radius 3 is 3.08 bits per heavy atom. The third-order valence-electron chi connectivity index (χ3n) is 2.66. The predicted octanol–water partition coefficient (Wildman–Crippen LogP) is 0.831. The zero-order chi connectivity index (χ0) is 9.52. The Balaban J connectivity index is 2.01. The highest BCUT2D eigenvalue weighted by Gasteiger charge is 2.19. The van der Waals surface area contributed by atoms with Gasteiger partial charge < -0.3 is 10.2 Å². The average molecular weight is 181 g/mol. The lowest BCUT2D eigenvalue weighted by atomic mass is 10.1. The number of likely N-dealkylation sites (tertiary alicyclic amines) is 1. The van der Waals surface area contributed by atoms with Crippen molar-refractivity contribution in [3.05, 3.63) is 0 Å². The first-order valence-corrected chi connectivity index (χ1v) is 5.16. The number of nitrogens with zero attached hydrogens (tertiary/aromatic N) is 2. The first-order chi connectivity index (χ1) is 6.36. The molecule has 13 heavy (non-hydrogen) atoms. The molecule has 1 heterocycles. The summed E-state index contributed by atoms with van der Waals surface area (Å²) in [5, 5.41) is 11.7. The number of hydrogen-bond acceptors (Lipinski definition) is 3. The van der Waals surface area contributed by atoms with Gasteiger partial charge in [0, 0.05) is 19.5 Å². The van der Waals surface area contributed by atoms with Crippen molar-refractivity contribution in [1.82, 2.24) is 10.2 Å². The normalized spacial score (nSPS) is 23.2. The van der Waals surface area contributed by atoms with Crippen LogP contribution >= 0.6 is 0 Å². The van der Waals surface area contributed by atoms with Gasteiger partial charge in [-0.3, -0.25) is 0 Å². The quantitative estimate of drug-likeness (QED) is 0.639. The molecule has 1 unspecified atom stereocenters. The summed E-state index contributed by atoms with van der Waals surface area (Å²) in [6.45, 7) is 7.80. The zero-order valence-corrected chi connectivity index (χ0v) is 8.42. The van der Waals surface area contributed by atoms with Gasteiger partial charge in [-0.25, -0.2) is 0 Å². The summed E-state index contributed by atoms with van der Waals surface area (Å²) in [5.74, 6) is 0.804. The molecule has 74 valence electrons. The van der Waals surface area contributed by atoms with Crippen molar-refractivity contribution >= 4 is 0 Å². The van der Waals surface area contributed by atoms with Crippen molar-refractivity contribution in [2.75, 3.05) is 32.7 Å². The van der Waals surface area contributed by atoms with E-state index in [1.807, 2.05) is 0 Å². The minimum Gasteiger partial charge on any atom is -0.315 e. The molecule has 1 saturated heterocycles. The number of nitrogens with one attached hydrogen (secondary N) is 1. The lowest BCUT2D eigenvalue weighted by Gasteiger charge is -2.13. The summed E-state index contributed by atoms with van der Waals surface area (Å²) in [6.07, 6.45) is 1.94. The van der Waals surface area contributed by atoms with Crippen molar-refractivity contribution in [3.8, 4) is 6.07 Å². The molecule has 3 nitrogen and oxygen atoms in total. The molecule has 1 aliphatic rings.